The van der Waals surface area contributed by atoms with E-state index in [2.05, 4.69) is 15.9 Å². The molecule has 1 aromatic carbocycles. The van der Waals surface area contributed by atoms with E-state index in [1.54, 1.807) is 6.07 Å². The third kappa shape index (κ3) is 2.36. The van der Waals surface area contributed by atoms with Gasteiger partial charge in [-0.05, 0) is 54.9 Å². The van der Waals surface area contributed by atoms with Crippen LogP contribution in [0.25, 0.3) is 0 Å². The van der Waals surface area contributed by atoms with E-state index < -0.39 is 0 Å². The van der Waals surface area contributed by atoms with Crippen molar-refractivity contribution in [1.29, 1.82) is 0 Å². The summed E-state index contributed by atoms with van der Waals surface area (Å²) < 4.78 is 14.0. The van der Waals surface area contributed by atoms with Crippen molar-refractivity contribution in [2.24, 2.45) is 23.5 Å². The molecule has 4 heteroatoms. The second-order valence-electron chi connectivity index (χ2n) is 5.82. The average molecular weight is 326 g/mol. The van der Waals surface area contributed by atoms with Crippen molar-refractivity contribution in [2.45, 2.75) is 31.7 Å². The second kappa shape index (κ2) is 4.98. The maximum absolute atomic E-state index is 13.2. The fraction of sp³-hybridized carbons (Fsp3) is 0.533. The molecule has 0 spiro atoms. The van der Waals surface area contributed by atoms with Crippen molar-refractivity contribution >= 4 is 21.7 Å². The number of nitrogens with two attached hydrogens (primary N) is 1. The molecule has 2 nitrogen and oxygen atoms in total. The van der Waals surface area contributed by atoms with Crippen LogP contribution in [0.1, 0.15) is 24.8 Å². The van der Waals surface area contributed by atoms with Gasteiger partial charge in [-0.1, -0.05) is 15.9 Å². The van der Waals surface area contributed by atoms with Crippen LogP contribution in [-0.2, 0) is 11.2 Å². The van der Waals surface area contributed by atoms with Crippen LogP contribution in [0.2, 0.25) is 0 Å². The van der Waals surface area contributed by atoms with E-state index in [0.717, 1.165) is 22.9 Å². The number of hydrogen-bond acceptors (Lipinski definition) is 2. The molecule has 0 aliphatic heterocycles. The zero-order valence-corrected chi connectivity index (χ0v) is 12.2. The highest BCUT2D eigenvalue weighted by Gasteiger charge is 2.48. The fourth-order valence-electron chi connectivity index (χ4n) is 3.80. The highest BCUT2D eigenvalue weighted by atomic mass is 79.9. The van der Waals surface area contributed by atoms with Gasteiger partial charge in [-0.2, -0.15) is 0 Å². The molecule has 2 aliphatic rings. The molecule has 0 amide bonds. The Kier molecular flexibility index (Phi) is 3.48. The fourth-order valence-corrected chi connectivity index (χ4v) is 4.18. The van der Waals surface area contributed by atoms with Crippen LogP contribution in [0.3, 0.4) is 0 Å². The lowest BCUT2D eigenvalue weighted by atomic mass is 9.80. The van der Waals surface area contributed by atoms with E-state index in [1.807, 2.05) is 0 Å². The minimum absolute atomic E-state index is 0.0126. The van der Waals surface area contributed by atoms with Gasteiger partial charge in [0.2, 0.25) is 0 Å². The molecule has 4 atom stereocenters. The largest absolute Gasteiger partial charge is 0.327 e. The summed E-state index contributed by atoms with van der Waals surface area (Å²) in [5, 5.41) is 0. The van der Waals surface area contributed by atoms with Crippen molar-refractivity contribution in [1.82, 2.24) is 0 Å². The second-order valence-corrected chi connectivity index (χ2v) is 6.67. The van der Waals surface area contributed by atoms with E-state index in [1.165, 1.54) is 18.6 Å². The quantitative estimate of drug-likeness (QED) is 0.928. The van der Waals surface area contributed by atoms with Gasteiger partial charge >= 0.3 is 0 Å². The molecule has 102 valence electrons. The summed E-state index contributed by atoms with van der Waals surface area (Å²) in [7, 11) is 0. The van der Waals surface area contributed by atoms with Gasteiger partial charge in [-0.25, -0.2) is 4.39 Å². The highest BCUT2D eigenvalue weighted by Crippen LogP contribution is 2.48. The van der Waals surface area contributed by atoms with Crippen molar-refractivity contribution in [3.8, 4) is 0 Å². The van der Waals surface area contributed by atoms with Crippen molar-refractivity contribution < 1.29 is 9.18 Å². The van der Waals surface area contributed by atoms with Crippen molar-refractivity contribution in [3.05, 3.63) is 34.1 Å². The van der Waals surface area contributed by atoms with Gasteiger partial charge in [-0.15, -0.1) is 0 Å². The Morgan fingerprint density at radius 1 is 1.37 bits per heavy atom. The molecule has 2 saturated carbocycles. The van der Waals surface area contributed by atoms with Crippen molar-refractivity contribution in [2.75, 3.05) is 0 Å². The monoisotopic (exact) mass is 325 g/mol. The molecule has 19 heavy (non-hydrogen) atoms. The van der Waals surface area contributed by atoms with E-state index in [0.29, 0.717) is 11.8 Å². The minimum Gasteiger partial charge on any atom is -0.327 e. The Hall–Kier alpha value is -0.740. The Bertz CT molecular complexity index is 517. The number of halogens is 2. The summed E-state index contributed by atoms with van der Waals surface area (Å²) in [5.74, 6) is 0.831. The number of hydrogen-bond donors (Lipinski definition) is 1. The average Bonchev–Trinajstić information content (AvgIpc) is 2.94. The minimum atomic E-state index is -0.303. The number of rotatable bonds is 3. The van der Waals surface area contributed by atoms with Gasteiger partial charge in [0.25, 0.3) is 0 Å². The molecule has 0 radical (unpaired) electrons. The third-order valence-electron chi connectivity index (χ3n) is 4.72. The molecule has 2 bridgehead atoms. The number of fused-ring (bicyclic) bond motifs is 2. The topological polar surface area (TPSA) is 43.1 Å². The predicted octanol–water partition coefficient (Wildman–Crippen LogP) is 3.07. The van der Waals surface area contributed by atoms with Crippen LogP contribution < -0.4 is 5.73 Å². The number of carbonyl (C=O) groups excluding carboxylic acids is 1. The predicted molar refractivity (Wildman–Crippen MR) is 75.1 cm³/mol. The first-order chi connectivity index (χ1) is 9.06. The lowest BCUT2D eigenvalue weighted by molar-refractivity contribution is -0.124. The van der Waals surface area contributed by atoms with Crippen LogP contribution in [0.15, 0.2) is 22.7 Å². The van der Waals surface area contributed by atoms with Gasteiger partial charge in [0.15, 0.2) is 0 Å². The summed E-state index contributed by atoms with van der Waals surface area (Å²) in [5.41, 5.74) is 6.90. The Morgan fingerprint density at radius 3 is 2.79 bits per heavy atom. The Labute approximate surface area is 120 Å². The lowest BCUT2D eigenvalue weighted by Gasteiger charge is -2.27. The molecule has 1 aromatic rings. The summed E-state index contributed by atoms with van der Waals surface area (Å²) in [6.45, 7) is 0. The number of carbonyl (C=O) groups is 1. The molecule has 0 saturated heterocycles. The normalized spacial score (nSPS) is 32.8. The maximum Gasteiger partial charge on any atom is 0.142 e. The number of ketones is 1. The first-order valence-corrected chi connectivity index (χ1v) is 7.58. The first kappa shape index (κ1) is 13.3. The van der Waals surface area contributed by atoms with Crippen LogP contribution >= 0.6 is 15.9 Å². The van der Waals surface area contributed by atoms with Crippen LogP contribution in [0.4, 0.5) is 4.39 Å². The van der Waals surface area contributed by atoms with Gasteiger partial charge < -0.3 is 5.73 Å². The standard InChI is InChI=1S/C15H17BrFNO/c16-12-4-3-11(17)6-10(12)7-13(19)14-8-1-2-9(5-8)15(14)18/h3-4,6,8-9,14-15H,1-2,5,7,18H2. The van der Waals surface area contributed by atoms with Crippen molar-refractivity contribution in [3.63, 3.8) is 0 Å². The lowest BCUT2D eigenvalue weighted by Crippen LogP contribution is -2.40. The molecular weight excluding hydrogens is 309 g/mol. The molecule has 4 unspecified atom stereocenters. The molecule has 2 fully saturated rings. The van der Waals surface area contributed by atoms with Gasteiger partial charge in [0.1, 0.15) is 11.6 Å². The Balaban J connectivity index is 1.77. The molecule has 0 heterocycles. The third-order valence-corrected chi connectivity index (χ3v) is 5.50. The highest BCUT2D eigenvalue weighted by molar-refractivity contribution is 9.10. The van der Waals surface area contributed by atoms with E-state index in [9.17, 15) is 9.18 Å². The van der Waals surface area contributed by atoms with Gasteiger partial charge in [0, 0.05) is 22.9 Å². The molecule has 3 rings (SSSR count). The van der Waals surface area contributed by atoms with E-state index in [-0.39, 0.29) is 30.0 Å². The smallest absolute Gasteiger partial charge is 0.142 e. The molecule has 0 aromatic heterocycles. The van der Waals surface area contributed by atoms with E-state index in [4.69, 9.17) is 5.73 Å². The Morgan fingerprint density at radius 2 is 2.11 bits per heavy atom. The maximum atomic E-state index is 13.2. The molecular formula is C15H17BrFNO. The summed E-state index contributed by atoms with van der Waals surface area (Å²) in [4.78, 5) is 12.5. The van der Waals surface area contributed by atoms with Crippen LogP contribution in [0.5, 0.6) is 0 Å². The number of Topliss-reactive ketones (excluding diaryl/α,β-unsaturated/α-hetero) is 1. The van der Waals surface area contributed by atoms with Crippen LogP contribution in [-0.4, -0.2) is 11.8 Å². The molecule has 2 aliphatic carbocycles. The molecule has 2 N–H and O–H groups in total. The zero-order valence-electron chi connectivity index (χ0n) is 10.6. The summed E-state index contributed by atoms with van der Waals surface area (Å²) in [6.07, 6.45) is 3.67. The van der Waals surface area contributed by atoms with E-state index >= 15 is 0 Å². The zero-order chi connectivity index (χ0) is 13.6. The SMILES string of the molecule is NC1C2CCC(C2)C1C(=O)Cc1cc(F)ccc1Br. The summed E-state index contributed by atoms with van der Waals surface area (Å²) in [6, 6.07) is 4.49. The summed E-state index contributed by atoms with van der Waals surface area (Å²) >= 11 is 3.37. The number of benzene rings is 1. The van der Waals surface area contributed by atoms with Crippen LogP contribution in [0, 0.1) is 23.6 Å². The van der Waals surface area contributed by atoms with Gasteiger partial charge in [0.05, 0.1) is 0 Å². The van der Waals surface area contributed by atoms with Gasteiger partial charge in [-0.3, -0.25) is 4.79 Å². The first-order valence-electron chi connectivity index (χ1n) is 6.78.